The normalized spacial score (nSPS) is 16.4. The number of rotatable bonds is 2. The number of fused-ring (bicyclic) bond motifs is 1. The third kappa shape index (κ3) is 3.98. The molecule has 3 heteroatoms. The lowest BCUT2D eigenvalue weighted by Gasteiger charge is -2.30. The number of carbonyl (C=O) groups is 1. The fraction of sp³-hybridized carbons (Fsp3) is 0.500. The third-order valence-corrected chi connectivity index (χ3v) is 6.03. The fourth-order valence-corrected chi connectivity index (χ4v) is 4.68. The van der Waals surface area contributed by atoms with Crippen molar-refractivity contribution in [3.05, 3.63) is 45.8 Å². The van der Waals surface area contributed by atoms with Crippen LogP contribution in [0.3, 0.4) is 0 Å². The molecule has 0 radical (unpaired) electrons. The largest absolute Gasteiger partial charge is 0.456 e. The lowest BCUT2D eigenvalue weighted by Crippen LogP contribution is -2.27. The van der Waals surface area contributed by atoms with Crippen LogP contribution in [0.5, 0.6) is 0 Å². The lowest BCUT2D eigenvalue weighted by molar-refractivity contribution is 0.00691. The van der Waals surface area contributed by atoms with Gasteiger partial charge in [0.15, 0.2) is 0 Å². The zero-order valence-corrected chi connectivity index (χ0v) is 17.0. The van der Waals surface area contributed by atoms with Gasteiger partial charge in [0.05, 0.1) is 5.56 Å². The molecule has 134 valence electrons. The maximum absolute atomic E-state index is 13.0. The predicted octanol–water partition coefficient (Wildman–Crippen LogP) is 6.19. The van der Waals surface area contributed by atoms with Gasteiger partial charge in [-0.2, -0.15) is 0 Å². The second-order valence-corrected chi connectivity index (χ2v) is 10.0. The lowest BCUT2D eigenvalue weighted by atomic mass is 9.76. The number of hydrogen-bond donors (Lipinski definition) is 0. The molecule has 0 bridgehead atoms. The topological polar surface area (TPSA) is 26.3 Å². The number of thiophene rings is 1. The molecule has 0 spiro atoms. The van der Waals surface area contributed by atoms with Crippen LogP contribution in [0.4, 0.5) is 0 Å². The van der Waals surface area contributed by atoms with Crippen LogP contribution in [-0.2, 0) is 17.6 Å². The Bertz CT molecular complexity index is 789. The van der Waals surface area contributed by atoms with Gasteiger partial charge < -0.3 is 4.74 Å². The van der Waals surface area contributed by atoms with Gasteiger partial charge in [-0.25, -0.2) is 4.79 Å². The molecule has 1 heterocycles. The average molecular weight is 357 g/mol. The summed E-state index contributed by atoms with van der Waals surface area (Å²) in [5.41, 5.74) is 4.10. The number of hydrogen-bond acceptors (Lipinski definition) is 3. The highest BCUT2D eigenvalue weighted by molar-refractivity contribution is 7.16. The third-order valence-electron chi connectivity index (χ3n) is 4.69. The molecule has 1 aliphatic carbocycles. The molecule has 0 saturated heterocycles. The van der Waals surface area contributed by atoms with Crippen LogP contribution in [0.1, 0.15) is 67.4 Å². The van der Waals surface area contributed by atoms with E-state index in [9.17, 15) is 4.79 Å². The highest BCUT2D eigenvalue weighted by Crippen LogP contribution is 2.45. The Hall–Kier alpha value is -1.61. The molecule has 0 amide bonds. The van der Waals surface area contributed by atoms with Gasteiger partial charge in [-0.15, -0.1) is 11.3 Å². The molecule has 3 rings (SSSR count). The Morgan fingerprint density at radius 3 is 2.40 bits per heavy atom. The van der Waals surface area contributed by atoms with Gasteiger partial charge in [0.25, 0.3) is 0 Å². The number of ether oxygens (including phenoxy) is 1. The minimum atomic E-state index is -0.485. The molecule has 0 atom stereocenters. The average Bonchev–Trinajstić information content (AvgIpc) is 2.83. The van der Waals surface area contributed by atoms with Gasteiger partial charge in [-0.05, 0) is 63.5 Å². The van der Waals surface area contributed by atoms with Crippen molar-refractivity contribution < 1.29 is 9.53 Å². The molecule has 1 aromatic heterocycles. The molecule has 0 saturated carbocycles. The summed E-state index contributed by atoms with van der Waals surface area (Å²) in [7, 11) is 0. The molecule has 0 unspecified atom stereocenters. The summed E-state index contributed by atoms with van der Waals surface area (Å²) in [5.74, 6) is -0.182. The summed E-state index contributed by atoms with van der Waals surface area (Å²) >= 11 is 1.78. The summed E-state index contributed by atoms with van der Waals surface area (Å²) < 4.78 is 5.77. The molecule has 25 heavy (non-hydrogen) atoms. The molecule has 2 aromatic rings. The van der Waals surface area contributed by atoms with Crippen LogP contribution in [-0.4, -0.2) is 11.6 Å². The number of benzene rings is 1. The van der Waals surface area contributed by atoms with Crippen molar-refractivity contribution in [2.45, 2.75) is 66.4 Å². The highest BCUT2D eigenvalue weighted by Gasteiger charge is 2.34. The fourth-order valence-electron chi connectivity index (χ4n) is 3.37. The van der Waals surface area contributed by atoms with Crippen molar-refractivity contribution in [2.24, 2.45) is 5.41 Å². The second-order valence-electron chi connectivity index (χ2n) is 8.92. The Kier molecular flexibility index (Phi) is 4.57. The van der Waals surface area contributed by atoms with E-state index in [-0.39, 0.29) is 11.4 Å². The van der Waals surface area contributed by atoms with E-state index in [0.29, 0.717) is 0 Å². The van der Waals surface area contributed by atoms with Gasteiger partial charge in [-0.1, -0.05) is 43.7 Å². The zero-order chi connectivity index (χ0) is 18.4. The Morgan fingerprint density at radius 1 is 1.16 bits per heavy atom. The van der Waals surface area contributed by atoms with E-state index in [1.807, 2.05) is 20.8 Å². The Balaban J connectivity index is 2.13. The second kappa shape index (κ2) is 6.28. The molecular formula is C22H28O2S. The van der Waals surface area contributed by atoms with Crippen molar-refractivity contribution in [1.29, 1.82) is 0 Å². The van der Waals surface area contributed by atoms with E-state index in [1.165, 1.54) is 22.4 Å². The first-order valence-corrected chi connectivity index (χ1v) is 9.82. The van der Waals surface area contributed by atoms with E-state index in [1.54, 1.807) is 11.3 Å². The first-order chi connectivity index (χ1) is 11.6. The van der Waals surface area contributed by atoms with E-state index >= 15 is 0 Å². The monoisotopic (exact) mass is 356 g/mol. The van der Waals surface area contributed by atoms with Gasteiger partial charge in [-0.3, -0.25) is 0 Å². The van der Waals surface area contributed by atoms with Gasteiger partial charge in [0.2, 0.25) is 0 Å². The molecule has 1 aliphatic rings. The SMILES string of the molecule is Cc1ccc(-c2sc3c(c2C(=O)OC(C)(C)C)CC(C)(C)CC3)cc1. The zero-order valence-electron chi connectivity index (χ0n) is 16.2. The Labute approximate surface area is 155 Å². The molecule has 0 fully saturated rings. The van der Waals surface area contributed by atoms with E-state index < -0.39 is 5.60 Å². The van der Waals surface area contributed by atoms with Crippen LogP contribution < -0.4 is 0 Å². The highest BCUT2D eigenvalue weighted by atomic mass is 32.1. The Morgan fingerprint density at radius 2 is 1.80 bits per heavy atom. The van der Waals surface area contributed by atoms with Crippen LogP contribution in [0.25, 0.3) is 10.4 Å². The smallest absolute Gasteiger partial charge is 0.340 e. The van der Waals surface area contributed by atoms with Crippen LogP contribution in [0, 0.1) is 12.3 Å². The van der Waals surface area contributed by atoms with Crippen molar-refractivity contribution in [2.75, 3.05) is 0 Å². The van der Waals surface area contributed by atoms with E-state index in [0.717, 1.165) is 28.8 Å². The summed E-state index contributed by atoms with van der Waals surface area (Å²) in [6.07, 6.45) is 3.16. The van der Waals surface area contributed by atoms with E-state index in [4.69, 9.17) is 4.74 Å². The maximum atomic E-state index is 13.0. The van der Waals surface area contributed by atoms with Crippen molar-refractivity contribution >= 4 is 17.3 Å². The predicted molar refractivity (Wildman–Crippen MR) is 105 cm³/mol. The standard InChI is InChI=1S/C22H28O2S/c1-14-7-9-15(10-8-14)19-18(20(23)24-21(2,3)4)16-13-22(5,6)12-11-17(16)25-19/h7-10H,11-13H2,1-6H3. The van der Waals surface area contributed by atoms with Crippen molar-refractivity contribution in [3.63, 3.8) is 0 Å². The van der Waals surface area contributed by atoms with Gasteiger partial charge in [0.1, 0.15) is 5.60 Å². The van der Waals surface area contributed by atoms with Crippen LogP contribution in [0.15, 0.2) is 24.3 Å². The van der Waals surface area contributed by atoms with Crippen LogP contribution >= 0.6 is 11.3 Å². The van der Waals surface area contributed by atoms with Crippen molar-refractivity contribution in [3.8, 4) is 10.4 Å². The van der Waals surface area contributed by atoms with E-state index in [2.05, 4.69) is 45.0 Å². The van der Waals surface area contributed by atoms with Gasteiger partial charge in [0, 0.05) is 9.75 Å². The summed E-state index contributed by atoms with van der Waals surface area (Å²) in [5, 5.41) is 0. The molecule has 2 nitrogen and oxygen atoms in total. The molecule has 0 N–H and O–H groups in total. The molecule has 1 aromatic carbocycles. The minimum absolute atomic E-state index is 0.182. The van der Waals surface area contributed by atoms with Crippen molar-refractivity contribution in [1.82, 2.24) is 0 Å². The molecular weight excluding hydrogens is 328 g/mol. The maximum Gasteiger partial charge on any atom is 0.340 e. The first-order valence-electron chi connectivity index (χ1n) is 9.01. The summed E-state index contributed by atoms with van der Waals surface area (Å²) in [6, 6.07) is 8.45. The first kappa shape index (κ1) is 18.2. The van der Waals surface area contributed by atoms with Crippen LogP contribution in [0.2, 0.25) is 0 Å². The summed E-state index contributed by atoms with van der Waals surface area (Å²) in [6.45, 7) is 12.5. The minimum Gasteiger partial charge on any atom is -0.456 e. The number of carbonyl (C=O) groups excluding carboxylic acids is 1. The number of esters is 1. The van der Waals surface area contributed by atoms with Gasteiger partial charge >= 0.3 is 5.97 Å². The summed E-state index contributed by atoms with van der Waals surface area (Å²) in [4.78, 5) is 15.5. The quantitative estimate of drug-likeness (QED) is 0.599. The molecule has 0 aliphatic heterocycles. The number of aryl methyl sites for hydroxylation is 2.